The highest BCUT2D eigenvalue weighted by Crippen LogP contribution is 2.56. The van der Waals surface area contributed by atoms with Crippen LogP contribution in [0.15, 0.2) is 24.6 Å². The van der Waals surface area contributed by atoms with Gasteiger partial charge in [0, 0.05) is 12.4 Å². The van der Waals surface area contributed by atoms with Crippen LogP contribution in [-0.2, 0) is 23.6 Å². The molecule has 0 bridgehead atoms. The Bertz CT molecular complexity index is 599. The predicted octanol–water partition coefficient (Wildman–Crippen LogP) is 3.59. The van der Waals surface area contributed by atoms with Gasteiger partial charge in [-0.15, -0.1) is 0 Å². The monoisotopic (exact) mass is 377 g/mol. The van der Waals surface area contributed by atoms with E-state index in [1.54, 1.807) is 27.7 Å². The van der Waals surface area contributed by atoms with E-state index in [0.29, 0.717) is 12.4 Å². The van der Waals surface area contributed by atoms with Crippen LogP contribution >= 0.6 is 7.60 Å². The Hall–Kier alpha value is -0.830. The fraction of sp³-hybridized carbons (Fsp3) is 0.667. The molecule has 0 aromatic heterocycles. The molecule has 0 spiro atoms. The number of allylic oxidation sites excluding steroid dienone is 2. The van der Waals surface area contributed by atoms with Gasteiger partial charge >= 0.3 is 23.1 Å². The van der Waals surface area contributed by atoms with Crippen LogP contribution in [0, 0.1) is 0 Å². The van der Waals surface area contributed by atoms with E-state index in [1.807, 2.05) is 0 Å². The molecule has 0 N–H and O–H groups in total. The van der Waals surface area contributed by atoms with Gasteiger partial charge in [-0.2, -0.15) is 21.6 Å². The number of hydrogen-bond acceptors (Lipinski definition) is 5. The molecule has 0 radical (unpaired) electrons. The van der Waals surface area contributed by atoms with Crippen LogP contribution in [0.1, 0.15) is 27.7 Å². The first-order valence-electron chi connectivity index (χ1n) is 6.72. The van der Waals surface area contributed by atoms with Gasteiger partial charge in [0.05, 0.1) is 12.2 Å². The van der Waals surface area contributed by atoms with Gasteiger partial charge in [-0.05, 0) is 39.8 Å². The highest BCUT2D eigenvalue weighted by Gasteiger charge is 2.49. The van der Waals surface area contributed by atoms with Crippen molar-refractivity contribution >= 4 is 17.6 Å². The van der Waals surface area contributed by atoms with Crippen LogP contribution in [0.5, 0.6) is 0 Å². The van der Waals surface area contributed by atoms with Crippen molar-refractivity contribution in [3.8, 4) is 0 Å². The van der Waals surface area contributed by atoms with E-state index in [2.05, 4.69) is 0 Å². The summed E-state index contributed by atoms with van der Waals surface area (Å²) in [5.41, 5.74) is -6.41. The molecule has 11 heteroatoms. The van der Waals surface area contributed by atoms with Crippen molar-refractivity contribution in [3.63, 3.8) is 0 Å². The summed E-state index contributed by atoms with van der Waals surface area (Å²) in [5, 5.41) is 0. The lowest BCUT2D eigenvalue weighted by Gasteiger charge is -2.29. The number of sulfonamides is 1. The van der Waals surface area contributed by atoms with Gasteiger partial charge in [0.2, 0.25) is 0 Å². The second-order valence-electron chi connectivity index (χ2n) is 5.30. The minimum atomic E-state index is -5.53. The third-order valence-corrected chi connectivity index (χ3v) is 6.40. The Kier molecular flexibility index (Phi) is 6.12. The van der Waals surface area contributed by atoms with Crippen molar-refractivity contribution < 1.29 is 35.2 Å². The lowest BCUT2D eigenvalue weighted by atomic mass is 10.3. The quantitative estimate of drug-likeness (QED) is 0.662. The van der Waals surface area contributed by atoms with E-state index in [1.165, 1.54) is 0 Å². The minimum Gasteiger partial charge on any atom is -0.305 e. The van der Waals surface area contributed by atoms with Crippen LogP contribution in [0.25, 0.3) is 0 Å². The zero-order valence-corrected chi connectivity index (χ0v) is 14.7. The highest BCUT2D eigenvalue weighted by atomic mass is 32.2. The number of hydrogen-bond donors (Lipinski definition) is 0. The Morgan fingerprint density at radius 3 is 1.74 bits per heavy atom. The van der Waals surface area contributed by atoms with Crippen LogP contribution in [-0.4, -0.2) is 36.1 Å². The second kappa shape index (κ2) is 6.96. The molecule has 134 valence electrons. The fourth-order valence-corrected chi connectivity index (χ4v) is 4.49. The molecule has 1 rings (SSSR count). The lowest BCUT2D eigenvalue weighted by Crippen LogP contribution is -2.35. The maximum absolute atomic E-state index is 12.8. The molecule has 1 aliphatic heterocycles. The Morgan fingerprint density at radius 1 is 1.04 bits per heavy atom. The van der Waals surface area contributed by atoms with Crippen LogP contribution in [0.3, 0.4) is 0 Å². The second-order valence-corrected chi connectivity index (χ2v) is 9.23. The molecule has 0 saturated carbocycles. The molecular formula is C12H19F3NO5PS. The predicted molar refractivity (Wildman–Crippen MR) is 78.9 cm³/mol. The Balaban J connectivity index is 3.05. The number of rotatable bonds is 6. The van der Waals surface area contributed by atoms with Gasteiger partial charge in [0.1, 0.15) is 5.66 Å². The fourth-order valence-electron chi connectivity index (χ4n) is 1.70. The molecule has 0 saturated heterocycles. The number of halogens is 3. The summed E-state index contributed by atoms with van der Waals surface area (Å²) in [6, 6.07) is 0. The number of alkyl halides is 3. The van der Waals surface area contributed by atoms with E-state index in [0.717, 1.165) is 12.2 Å². The van der Waals surface area contributed by atoms with Crippen molar-refractivity contribution in [2.45, 2.75) is 51.1 Å². The highest BCUT2D eigenvalue weighted by molar-refractivity contribution is 7.90. The average molecular weight is 377 g/mol. The zero-order chi connectivity index (χ0) is 18.1. The molecule has 23 heavy (non-hydrogen) atoms. The standard InChI is InChI=1S/C12H19F3NO5PS/c1-9(2)20-22(17,21-10(3)4)11-5-7-16(8-6-11)23(18,19)12(13,14)15/h5-11H,1-4H3. The van der Waals surface area contributed by atoms with Crippen LogP contribution in [0.4, 0.5) is 13.2 Å². The zero-order valence-electron chi connectivity index (χ0n) is 13.0. The molecule has 0 amide bonds. The van der Waals surface area contributed by atoms with Crippen molar-refractivity contribution in [2.24, 2.45) is 0 Å². The van der Waals surface area contributed by atoms with E-state index < -0.39 is 41.0 Å². The summed E-state index contributed by atoms with van der Waals surface area (Å²) in [6.45, 7) is 6.53. The summed E-state index contributed by atoms with van der Waals surface area (Å²) in [7, 11) is -9.23. The van der Waals surface area contributed by atoms with E-state index in [4.69, 9.17) is 9.05 Å². The molecule has 1 heterocycles. The molecule has 1 aliphatic rings. The van der Waals surface area contributed by atoms with E-state index in [9.17, 15) is 26.2 Å². The van der Waals surface area contributed by atoms with Gasteiger partial charge in [0.25, 0.3) is 0 Å². The summed E-state index contributed by atoms with van der Waals surface area (Å²) in [4.78, 5) is 0. The first-order chi connectivity index (χ1) is 10.3. The first-order valence-corrected chi connectivity index (χ1v) is 9.78. The molecule has 0 unspecified atom stereocenters. The Morgan fingerprint density at radius 2 is 1.43 bits per heavy atom. The third-order valence-electron chi connectivity index (χ3n) is 2.51. The summed E-state index contributed by atoms with van der Waals surface area (Å²) < 4.78 is 83.5. The SMILES string of the molecule is CC(C)OP(=O)(OC(C)C)C1C=CN(S(=O)(=O)C(F)(F)F)C=C1. The molecule has 0 aromatic rings. The minimum absolute atomic E-state index is 0.0125. The smallest absolute Gasteiger partial charge is 0.305 e. The van der Waals surface area contributed by atoms with E-state index >= 15 is 0 Å². The number of nitrogens with zero attached hydrogens (tertiary/aromatic N) is 1. The van der Waals surface area contributed by atoms with Crippen LogP contribution < -0.4 is 0 Å². The normalized spacial score (nSPS) is 17.5. The van der Waals surface area contributed by atoms with Crippen molar-refractivity contribution in [1.29, 1.82) is 0 Å². The summed E-state index contributed by atoms with van der Waals surface area (Å²) in [6.07, 6.45) is 2.58. The van der Waals surface area contributed by atoms with Crippen molar-refractivity contribution in [1.82, 2.24) is 4.31 Å². The van der Waals surface area contributed by atoms with Gasteiger partial charge < -0.3 is 9.05 Å². The maximum atomic E-state index is 12.8. The van der Waals surface area contributed by atoms with Gasteiger partial charge in [-0.25, -0.2) is 4.31 Å². The van der Waals surface area contributed by atoms with E-state index in [-0.39, 0.29) is 4.31 Å². The first kappa shape index (κ1) is 20.2. The van der Waals surface area contributed by atoms with Crippen molar-refractivity contribution in [3.05, 3.63) is 24.6 Å². The molecule has 0 aliphatic carbocycles. The van der Waals surface area contributed by atoms with Crippen molar-refractivity contribution in [2.75, 3.05) is 0 Å². The summed E-state index contributed by atoms with van der Waals surface area (Å²) in [5.74, 6) is 0. The van der Waals surface area contributed by atoms with Gasteiger partial charge in [-0.1, -0.05) is 0 Å². The Labute approximate surface area is 133 Å². The molecular weight excluding hydrogens is 358 g/mol. The maximum Gasteiger partial charge on any atom is 0.517 e. The topological polar surface area (TPSA) is 72.9 Å². The summed E-state index contributed by atoms with van der Waals surface area (Å²) >= 11 is 0. The van der Waals surface area contributed by atoms with Gasteiger partial charge in [0.15, 0.2) is 0 Å². The molecule has 0 atom stereocenters. The molecule has 0 aromatic carbocycles. The third kappa shape index (κ3) is 4.82. The van der Waals surface area contributed by atoms with Gasteiger partial charge in [-0.3, -0.25) is 4.57 Å². The molecule has 0 fully saturated rings. The molecule has 6 nitrogen and oxygen atoms in total. The lowest BCUT2D eigenvalue weighted by molar-refractivity contribution is -0.0468. The average Bonchev–Trinajstić information content (AvgIpc) is 2.35. The van der Waals surface area contributed by atoms with Crippen LogP contribution in [0.2, 0.25) is 0 Å². The largest absolute Gasteiger partial charge is 0.517 e.